The minimum Gasteiger partial charge on any atom is -0.462 e. The van der Waals surface area contributed by atoms with Crippen LogP contribution in [0.25, 0.3) is 0 Å². The molecule has 0 radical (unpaired) electrons. The van der Waals surface area contributed by atoms with Crippen molar-refractivity contribution in [1.82, 2.24) is 0 Å². The Morgan fingerprint density at radius 3 is 1.85 bits per heavy atom. The van der Waals surface area contributed by atoms with Gasteiger partial charge in [0.05, 0.1) is 17.7 Å². The Bertz CT molecular complexity index is 849. The van der Waals surface area contributed by atoms with Gasteiger partial charge >= 0.3 is 11.9 Å². The standard InChI is InChI=1S/C28H37FO4/c1-2-3-4-5-6-7-8-9-10-11-12-15-21-32-27(30)23-17-16-18-24(22-23)28(31)33-26-20-14-13-19-25(26)29/h13-14,16-20,22H,2-12,15,21H2,1H3. The average Bonchev–Trinajstić information content (AvgIpc) is 2.83. The fraction of sp³-hybridized carbons (Fsp3) is 0.500. The molecule has 0 amide bonds. The Kier molecular flexibility index (Phi) is 12.9. The van der Waals surface area contributed by atoms with E-state index in [2.05, 4.69) is 6.92 Å². The van der Waals surface area contributed by atoms with Gasteiger partial charge < -0.3 is 9.47 Å². The van der Waals surface area contributed by atoms with Crippen LogP contribution < -0.4 is 4.74 Å². The first-order chi connectivity index (χ1) is 16.1. The Labute approximate surface area is 197 Å². The van der Waals surface area contributed by atoms with Crippen LogP contribution in [0.5, 0.6) is 5.75 Å². The lowest BCUT2D eigenvalue weighted by Gasteiger charge is -2.08. The maximum atomic E-state index is 13.7. The third-order valence-electron chi connectivity index (χ3n) is 5.60. The summed E-state index contributed by atoms with van der Waals surface area (Å²) >= 11 is 0. The van der Waals surface area contributed by atoms with E-state index >= 15 is 0 Å². The van der Waals surface area contributed by atoms with Crippen molar-refractivity contribution in [3.05, 3.63) is 65.5 Å². The summed E-state index contributed by atoms with van der Waals surface area (Å²) < 4.78 is 24.1. The molecular formula is C28H37FO4. The molecule has 180 valence electrons. The lowest BCUT2D eigenvalue weighted by Crippen LogP contribution is -2.12. The third kappa shape index (κ3) is 10.6. The van der Waals surface area contributed by atoms with E-state index in [0.717, 1.165) is 19.3 Å². The monoisotopic (exact) mass is 456 g/mol. The predicted molar refractivity (Wildman–Crippen MR) is 129 cm³/mol. The number of esters is 2. The second-order valence-corrected chi connectivity index (χ2v) is 8.43. The number of benzene rings is 2. The van der Waals surface area contributed by atoms with Crippen molar-refractivity contribution < 1.29 is 23.5 Å². The summed E-state index contributed by atoms with van der Waals surface area (Å²) in [6, 6.07) is 11.8. The fourth-order valence-corrected chi connectivity index (χ4v) is 3.65. The topological polar surface area (TPSA) is 52.6 Å². The minimum absolute atomic E-state index is 0.151. The van der Waals surface area contributed by atoms with Crippen LogP contribution in [0.2, 0.25) is 0 Å². The van der Waals surface area contributed by atoms with Gasteiger partial charge in [0.15, 0.2) is 11.6 Å². The summed E-state index contributed by atoms with van der Waals surface area (Å²) in [7, 11) is 0. The Morgan fingerprint density at radius 1 is 0.697 bits per heavy atom. The molecule has 33 heavy (non-hydrogen) atoms. The third-order valence-corrected chi connectivity index (χ3v) is 5.60. The molecule has 0 bridgehead atoms. The van der Waals surface area contributed by atoms with Gasteiger partial charge in [-0.25, -0.2) is 14.0 Å². The Morgan fingerprint density at radius 2 is 1.24 bits per heavy atom. The molecular weight excluding hydrogens is 419 g/mol. The summed E-state index contributed by atoms with van der Waals surface area (Å²) in [4.78, 5) is 24.6. The number of hydrogen-bond donors (Lipinski definition) is 0. The summed E-state index contributed by atoms with van der Waals surface area (Å²) in [6.07, 6.45) is 15.0. The molecule has 2 aromatic carbocycles. The predicted octanol–water partition coefficient (Wildman–Crippen LogP) is 7.90. The largest absolute Gasteiger partial charge is 0.462 e. The SMILES string of the molecule is CCCCCCCCCCCCCCOC(=O)c1cccc(C(=O)Oc2ccccc2F)c1. The molecule has 0 aromatic heterocycles. The van der Waals surface area contributed by atoms with E-state index < -0.39 is 17.8 Å². The van der Waals surface area contributed by atoms with Crippen LogP contribution >= 0.6 is 0 Å². The van der Waals surface area contributed by atoms with Crippen LogP contribution in [0.3, 0.4) is 0 Å². The van der Waals surface area contributed by atoms with E-state index in [1.165, 1.54) is 88.1 Å². The lowest BCUT2D eigenvalue weighted by atomic mass is 10.1. The molecule has 0 heterocycles. The van der Waals surface area contributed by atoms with E-state index in [1.54, 1.807) is 18.2 Å². The quantitative estimate of drug-likeness (QED) is 0.146. The number of carbonyl (C=O) groups is 2. The zero-order valence-corrected chi connectivity index (χ0v) is 19.8. The van der Waals surface area contributed by atoms with Crippen molar-refractivity contribution in [2.45, 2.75) is 84.0 Å². The highest BCUT2D eigenvalue weighted by atomic mass is 19.1. The van der Waals surface area contributed by atoms with Gasteiger partial charge in [-0.2, -0.15) is 0 Å². The van der Waals surface area contributed by atoms with E-state index in [1.807, 2.05) is 0 Å². The van der Waals surface area contributed by atoms with Crippen molar-refractivity contribution in [3.63, 3.8) is 0 Å². The van der Waals surface area contributed by atoms with Crippen LogP contribution in [-0.2, 0) is 4.74 Å². The van der Waals surface area contributed by atoms with Gasteiger partial charge in [-0.15, -0.1) is 0 Å². The number of halogens is 1. The molecule has 0 atom stereocenters. The number of hydrogen-bond acceptors (Lipinski definition) is 4. The summed E-state index contributed by atoms with van der Waals surface area (Å²) in [5.74, 6) is -1.97. The second-order valence-electron chi connectivity index (χ2n) is 8.43. The fourth-order valence-electron chi connectivity index (χ4n) is 3.65. The smallest absolute Gasteiger partial charge is 0.343 e. The van der Waals surface area contributed by atoms with E-state index in [-0.39, 0.29) is 16.9 Å². The highest BCUT2D eigenvalue weighted by Gasteiger charge is 2.14. The Hall–Kier alpha value is -2.69. The maximum absolute atomic E-state index is 13.7. The molecule has 0 aliphatic heterocycles. The van der Waals surface area contributed by atoms with Crippen molar-refractivity contribution in [1.29, 1.82) is 0 Å². The number of ether oxygens (including phenoxy) is 2. The van der Waals surface area contributed by atoms with Gasteiger partial charge in [0.2, 0.25) is 0 Å². The van der Waals surface area contributed by atoms with Gasteiger partial charge in [-0.3, -0.25) is 0 Å². The van der Waals surface area contributed by atoms with Crippen LogP contribution in [0, 0.1) is 5.82 Å². The molecule has 0 aliphatic carbocycles. The van der Waals surface area contributed by atoms with Gasteiger partial charge in [0.25, 0.3) is 0 Å². The van der Waals surface area contributed by atoms with Crippen LogP contribution in [0.4, 0.5) is 4.39 Å². The first kappa shape index (κ1) is 26.6. The van der Waals surface area contributed by atoms with E-state index in [9.17, 15) is 14.0 Å². The zero-order chi connectivity index (χ0) is 23.7. The lowest BCUT2D eigenvalue weighted by molar-refractivity contribution is 0.0497. The van der Waals surface area contributed by atoms with Crippen molar-refractivity contribution in [3.8, 4) is 5.75 Å². The first-order valence-corrected chi connectivity index (χ1v) is 12.4. The van der Waals surface area contributed by atoms with E-state index in [4.69, 9.17) is 9.47 Å². The molecule has 0 spiro atoms. The first-order valence-electron chi connectivity index (χ1n) is 12.4. The van der Waals surface area contributed by atoms with Crippen LogP contribution in [0.15, 0.2) is 48.5 Å². The molecule has 2 rings (SSSR count). The molecule has 0 fully saturated rings. The number of unbranched alkanes of at least 4 members (excludes halogenated alkanes) is 11. The molecule has 5 heteroatoms. The molecule has 0 saturated carbocycles. The highest BCUT2D eigenvalue weighted by molar-refractivity contribution is 5.96. The average molecular weight is 457 g/mol. The number of para-hydroxylation sites is 1. The highest BCUT2D eigenvalue weighted by Crippen LogP contribution is 2.18. The molecule has 0 saturated heterocycles. The van der Waals surface area contributed by atoms with Gasteiger partial charge in [-0.05, 0) is 36.8 Å². The molecule has 0 unspecified atom stereocenters. The maximum Gasteiger partial charge on any atom is 0.343 e. The second kappa shape index (κ2) is 16.0. The van der Waals surface area contributed by atoms with Crippen LogP contribution in [-0.4, -0.2) is 18.5 Å². The van der Waals surface area contributed by atoms with Gasteiger partial charge in [0, 0.05) is 0 Å². The minimum atomic E-state index is -0.726. The van der Waals surface area contributed by atoms with Gasteiger partial charge in [-0.1, -0.05) is 95.8 Å². The number of rotatable bonds is 16. The molecule has 4 nitrogen and oxygen atoms in total. The summed E-state index contributed by atoms with van der Waals surface area (Å²) in [6.45, 7) is 2.61. The van der Waals surface area contributed by atoms with Gasteiger partial charge in [0.1, 0.15) is 0 Å². The summed E-state index contributed by atoms with van der Waals surface area (Å²) in [5.41, 5.74) is 0.440. The normalized spacial score (nSPS) is 10.7. The van der Waals surface area contributed by atoms with Crippen molar-refractivity contribution in [2.75, 3.05) is 6.61 Å². The zero-order valence-electron chi connectivity index (χ0n) is 19.8. The molecule has 2 aromatic rings. The summed E-state index contributed by atoms with van der Waals surface area (Å²) in [5, 5.41) is 0. The van der Waals surface area contributed by atoms with Crippen LogP contribution in [0.1, 0.15) is 105 Å². The molecule has 0 N–H and O–H groups in total. The Balaban J connectivity index is 1.60. The van der Waals surface area contributed by atoms with E-state index in [0.29, 0.717) is 6.61 Å². The van der Waals surface area contributed by atoms with Crippen molar-refractivity contribution >= 4 is 11.9 Å². The number of carbonyl (C=O) groups excluding carboxylic acids is 2. The molecule has 0 aliphatic rings. The van der Waals surface area contributed by atoms with Crippen molar-refractivity contribution in [2.24, 2.45) is 0 Å².